The number of ether oxygens (including phenoxy) is 1. The minimum atomic E-state index is 0.277. The van der Waals surface area contributed by atoms with Crippen LogP contribution in [0.5, 0.6) is 6.01 Å². The van der Waals surface area contributed by atoms with Crippen molar-refractivity contribution in [3.8, 4) is 6.01 Å². The molecule has 138 valence electrons. The highest BCUT2D eigenvalue weighted by Crippen LogP contribution is 2.24. The monoisotopic (exact) mass is 361 g/mol. The van der Waals surface area contributed by atoms with E-state index in [-0.39, 0.29) is 6.04 Å². The third-order valence-corrected chi connectivity index (χ3v) is 4.75. The van der Waals surface area contributed by atoms with Crippen LogP contribution in [0.2, 0.25) is 0 Å². The molecule has 0 fully saturated rings. The smallest absolute Gasteiger partial charge is 0.322 e. The molecule has 3 aromatic rings. The van der Waals surface area contributed by atoms with Gasteiger partial charge in [-0.3, -0.25) is 0 Å². The molecule has 1 aliphatic rings. The van der Waals surface area contributed by atoms with Crippen LogP contribution in [0, 0.1) is 6.92 Å². The van der Waals surface area contributed by atoms with Gasteiger partial charge in [0.15, 0.2) is 0 Å². The van der Waals surface area contributed by atoms with Crippen LogP contribution in [0.1, 0.15) is 22.3 Å². The van der Waals surface area contributed by atoms with Crippen molar-refractivity contribution in [3.63, 3.8) is 0 Å². The van der Waals surface area contributed by atoms with Gasteiger partial charge in [-0.15, -0.1) is 0 Å². The molecule has 27 heavy (non-hydrogen) atoms. The van der Waals surface area contributed by atoms with Gasteiger partial charge in [0.05, 0.1) is 7.11 Å². The van der Waals surface area contributed by atoms with E-state index in [9.17, 15) is 0 Å². The van der Waals surface area contributed by atoms with Crippen LogP contribution >= 0.6 is 0 Å². The predicted octanol–water partition coefficient (Wildman–Crippen LogP) is 3.38. The summed E-state index contributed by atoms with van der Waals surface area (Å²) in [6, 6.07) is 17.5. The van der Waals surface area contributed by atoms with E-state index in [2.05, 4.69) is 81.0 Å². The maximum Gasteiger partial charge on any atom is 0.322 e. The van der Waals surface area contributed by atoms with Crippen molar-refractivity contribution in [2.24, 2.45) is 0 Å². The van der Waals surface area contributed by atoms with Gasteiger partial charge in [-0.05, 0) is 36.5 Å². The van der Waals surface area contributed by atoms with Crippen molar-refractivity contribution in [3.05, 3.63) is 70.8 Å². The number of fused-ring (bicyclic) bond motifs is 1. The van der Waals surface area contributed by atoms with E-state index in [4.69, 9.17) is 4.74 Å². The maximum atomic E-state index is 5.25. The van der Waals surface area contributed by atoms with Crippen molar-refractivity contribution >= 4 is 11.9 Å². The van der Waals surface area contributed by atoms with Gasteiger partial charge in [0, 0.05) is 12.6 Å². The summed E-state index contributed by atoms with van der Waals surface area (Å²) in [6.45, 7) is 2.72. The molecule has 0 atom stereocenters. The van der Waals surface area contributed by atoms with Gasteiger partial charge >= 0.3 is 6.01 Å². The van der Waals surface area contributed by atoms with Gasteiger partial charge in [-0.25, -0.2) is 0 Å². The van der Waals surface area contributed by atoms with E-state index in [1.165, 1.54) is 22.3 Å². The standard InChI is InChI=1S/C21H23N5O/c1-14-7-9-15(10-8-14)13-22-19-24-20(26-21(25-19)27-2)23-18-11-16-5-3-4-6-17(16)12-18/h3-10,18H,11-13H2,1-2H3,(H2,22,23,24,25,26). The Labute approximate surface area is 159 Å². The first-order valence-corrected chi connectivity index (χ1v) is 9.12. The highest BCUT2D eigenvalue weighted by atomic mass is 16.5. The number of nitrogens with one attached hydrogen (secondary N) is 2. The second kappa shape index (κ2) is 7.61. The SMILES string of the molecule is COc1nc(NCc2ccc(C)cc2)nc(NC2Cc3ccccc3C2)n1. The third kappa shape index (κ3) is 4.16. The van der Waals surface area contributed by atoms with Crippen LogP contribution in [0.15, 0.2) is 48.5 Å². The van der Waals surface area contributed by atoms with Gasteiger partial charge in [-0.2, -0.15) is 15.0 Å². The summed E-state index contributed by atoms with van der Waals surface area (Å²) >= 11 is 0. The predicted molar refractivity (Wildman–Crippen MR) is 106 cm³/mol. The summed E-state index contributed by atoms with van der Waals surface area (Å²) < 4.78 is 5.25. The molecule has 2 N–H and O–H groups in total. The average Bonchev–Trinajstić information content (AvgIpc) is 3.09. The summed E-state index contributed by atoms with van der Waals surface area (Å²) in [6.07, 6.45) is 1.94. The first-order chi connectivity index (χ1) is 13.2. The minimum Gasteiger partial charge on any atom is -0.467 e. The molecule has 0 unspecified atom stereocenters. The number of methoxy groups -OCH3 is 1. The number of aryl methyl sites for hydroxylation is 1. The largest absolute Gasteiger partial charge is 0.467 e. The highest BCUT2D eigenvalue weighted by Gasteiger charge is 2.22. The van der Waals surface area contributed by atoms with E-state index in [0.717, 1.165) is 12.8 Å². The number of aromatic nitrogens is 3. The summed E-state index contributed by atoms with van der Waals surface area (Å²) in [7, 11) is 1.56. The Hall–Kier alpha value is -3.15. The first kappa shape index (κ1) is 17.3. The number of benzene rings is 2. The Morgan fingerprint density at radius 2 is 1.59 bits per heavy atom. The molecule has 4 rings (SSSR count). The van der Waals surface area contributed by atoms with Crippen molar-refractivity contribution < 1.29 is 4.74 Å². The van der Waals surface area contributed by atoms with Crippen LogP contribution < -0.4 is 15.4 Å². The lowest BCUT2D eigenvalue weighted by Crippen LogP contribution is -2.22. The van der Waals surface area contributed by atoms with E-state index >= 15 is 0 Å². The second-order valence-electron chi connectivity index (χ2n) is 6.83. The number of rotatable bonds is 6. The normalized spacial score (nSPS) is 13.3. The zero-order chi connectivity index (χ0) is 18.6. The highest BCUT2D eigenvalue weighted by molar-refractivity contribution is 5.41. The van der Waals surface area contributed by atoms with E-state index < -0.39 is 0 Å². The molecule has 0 spiro atoms. The molecule has 0 radical (unpaired) electrons. The fourth-order valence-electron chi connectivity index (χ4n) is 3.32. The van der Waals surface area contributed by atoms with Crippen LogP contribution in [-0.4, -0.2) is 28.1 Å². The van der Waals surface area contributed by atoms with Gasteiger partial charge in [0.2, 0.25) is 11.9 Å². The molecule has 0 saturated heterocycles. The molecule has 0 saturated carbocycles. The zero-order valence-electron chi connectivity index (χ0n) is 15.6. The van der Waals surface area contributed by atoms with E-state index in [1.54, 1.807) is 7.11 Å². The molecule has 1 aliphatic carbocycles. The lowest BCUT2D eigenvalue weighted by Gasteiger charge is -2.14. The molecule has 0 bridgehead atoms. The Morgan fingerprint density at radius 1 is 0.926 bits per heavy atom. The molecule has 2 aromatic carbocycles. The Morgan fingerprint density at radius 3 is 2.26 bits per heavy atom. The van der Waals surface area contributed by atoms with Crippen LogP contribution in [0.4, 0.5) is 11.9 Å². The van der Waals surface area contributed by atoms with Crippen LogP contribution in [0.3, 0.4) is 0 Å². The maximum absolute atomic E-state index is 5.25. The quantitative estimate of drug-likeness (QED) is 0.701. The molecule has 0 amide bonds. The second-order valence-corrected chi connectivity index (χ2v) is 6.83. The zero-order valence-corrected chi connectivity index (χ0v) is 15.6. The van der Waals surface area contributed by atoms with Crippen molar-refractivity contribution in [2.75, 3.05) is 17.7 Å². The molecule has 0 aliphatic heterocycles. The average molecular weight is 361 g/mol. The summed E-state index contributed by atoms with van der Waals surface area (Å²) in [5.41, 5.74) is 5.17. The van der Waals surface area contributed by atoms with Gasteiger partial charge < -0.3 is 15.4 Å². The van der Waals surface area contributed by atoms with Gasteiger partial charge in [-0.1, -0.05) is 54.1 Å². The molecular weight excluding hydrogens is 338 g/mol. The van der Waals surface area contributed by atoms with Crippen molar-refractivity contribution in [1.82, 2.24) is 15.0 Å². The van der Waals surface area contributed by atoms with Crippen molar-refractivity contribution in [1.29, 1.82) is 0 Å². The van der Waals surface area contributed by atoms with Crippen molar-refractivity contribution in [2.45, 2.75) is 32.4 Å². The van der Waals surface area contributed by atoms with Gasteiger partial charge in [0.25, 0.3) is 0 Å². The molecule has 6 heteroatoms. The fourth-order valence-corrected chi connectivity index (χ4v) is 3.32. The summed E-state index contributed by atoms with van der Waals surface area (Å²) in [5, 5.41) is 6.68. The number of nitrogens with zero attached hydrogens (tertiary/aromatic N) is 3. The molecule has 1 aromatic heterocycles. The molecule has 1 heterocycles. The third-order valence-electron chi connectivity index (χ3n) is 4.75. The molecule has 6 nitrogen and oxygen atoms in total. The Balaban J connectivity index is 1.45. The first-order valence-electron chi connectivity index (χ1n) is 9.12. The lowest BCUT2D eigenvalue weighted by molar-refractivity contribution is 0.379. The van der Waals surface area contributed by atoms with E-state index in [1.807, 2.05) is 0 Å². The summed E-state index contributed by atoms with van der Waals surface area (Å²) in [4.78, 5) is 13.2. The fraction of sp³-hybridized carbons (Fsp3) is 0.286. The number of hydrogen-bond donors (Lipinski definition) is 2. The van der Waals surface area contributed by atoms with Crippen LogP contribution in [-0.2, 0) is 19.4 Å². The number of hydrogen-bond acceptors (Lipinski definition) is 6. The number of anilines is 2. The van der Waals surface area contributed by atoms with Crippen LogP contribution in [0.25, 0.3) is 0 Å². The molecular formula is C21H23N5O. The van der Waals surface area contributed by atoms with Gasteiger partial charge in [0.1, 0.15) is 0 Å². The minimum absolute atomic E-state index is 0.277. The summed E-state index contributed by atoms with van der Waals surface area (Å²) in [5.74, 6) is 1.03. The van der Waals surface area contributed by atoms with E-state index in [0.29, 0.717) is 24.5 Å². The Bertz CT molecular complexity index is 901. The topological polar surface area (TPSA) is 72.0 Å². The Kier molecular flexibility index (Phi) is 4.87. The lowest BCUT2D eigenvalue weighted by atomic mass is 10.1.